The number of hydrogen-bond donors (Lipinski definition) is 0. The number of esters is 1. The first kappa shape index (κ1) is 18.0. The average Bonchev–Trinajstić information content (AvgIpc) is 2.54. The Labute approximate surface area is 145 Å². The molecule has 0 unspecified atom stereocenters. The van der Waals surface area contributed by atoms with E-state index in [1.165, 1.54) is 22.8 Å². The molecule has 0 bridgehead atoms. The van der Waals surface area contributed by atoms with E-state index in [1.54, 1.807) is 6.92 Å². The summed E-state index contributed by atoms with van der Waals surface area (Å²) in [5, 5.41) is 0. The van der Waals surface area contributed by atoms with Gasteiger partial charge in [-0.05, 0) is 47.1 Å². The Morgan fingerprint density at radius 2 is 1.46 bits per heavy atom. The second kappa shape index (κ2) is 7.48. The van der Waals surface area contributed by atoms with Crippen molar-refractivity contribution >= 4 is 11.5 Å². The van der Waals surface area contributed by atoms with Gasteiger partial charge in [0.1, 0.15) is 0 Å². The van der Waals surface area contributed by atoms with Crippen LogP contribution in [0.5, 0.6) is 0 Å². The van der Waals surface area contributed by atoms with Crippen molar-refractivity contribution < 1.29 is 9.53 Å². The van der Waals surface area contributed by atoms with Crippen molar-refractivity contribution in [2.75, 3.05) is 6.61 Å². The maximum Gasteiger partial charge on any atom is 0.331 e. The SMILES string of the molecule is CCOC(=O)C=C(C)c1ccc(-c2ccc(C(C)(C)C)cc2)cc1. The van der Waals surface area contributed by atoms with Crippen LogP contribution in [0.4, 0.5) is 0 Å². The van der Waals surface area contributed by atoms with Crippen LogP contribution in [0.3, 0.4) is 0 Å². The van der Waals surface area contributed by atoms with Crippen LogP contribution in [0.25, 0.3) is 16.7 Å². The van der Waals surface area contributed by atoms with Crippen LogP contribution in [-0.4, -0.2) is 12.6 Å². The van der Waals surface area contributed by atoms with Crippen molar-refractivity contribution in [3.63, 3.8) is 0 Å². The normalized spacial score (nSPS) is 12.1. The molecule has 0 radical (unpaired) electrons. The van der Waals surface area contributed by atoms with Crippen molar-refractivity contribution in [2.24, 2.45) is 0 Å². The second-order valence-electron chi connectivity index (χ2n) is 6.98. The zero-order valence-corrected chi connectivity index (χ0v) is 15.2. The van der Waals surface area contributed by atoms with Gasteiger partial charge in [-0.25, -0.2) is 4.79 Å². The van der Waals surface area contributed by atoms with E-state index >= 15 is 0 Å². The molecule has 2 aromatic carbocycles. The third-order valence-electron chi connectivity index (χ3n) is 4.05. The number of hydrogen-bond acceptors (Lipinski definition) is 2. The number of ether oxygens (including phenoxy) is 1. The number of rotatable bonds is 4. The van der Waals surface area contributed by atoms with Gasteiger partial charge in [-0.3, -0.25) is 0 Å². The van der Waals surface area contributed by atoms with E-state index in [0.29, 0.717) is 6.61 Å². The van der Waals surface area contributed by atoms with Gasteiger partial charge in [0, 0.05) is 6.08 Å². The van der Waals surface area contributed by atoms with Crippen molar-refractivity contribution in [2.45, 2.75) is 40.0 Å². The lowest BCUT2D eigenvalue weighted by Crippen LogP contribution is -2.10. The highest BCUT2D eigenvalue weighted by molar-refractivity contribution is 5.91. The Morgan fingerprint density at radius 3 is 1.92 bits per heavy atom. The Bertz CT molecular complexity index is 714. The third-order valence-corrected chi connectivity index (χ3v) is 4.05. The fraction of sp³-hybridized carbons (Fsp3) is 0.318. The van der Waals surface area contributed by atoms with Crippen LogP contribution in [0, 0.1) is 0 Å². The smallest absolute Gasteiger partial charge is 0.331 e. The first-order chi connectivity index (χ1) is 11.3. The van der Waals surface area contributed by atoms with Gasteiger partial charge in [-0.1, -0.05) is 69.3 Å². The number of allylic oxidation sites excluding steroid dienone is 1. The minimum atomic E-state index is -0.295. The van der Waals surface area contributed by atoms with Crippen molar-refractivity contribution in [3.05, 3.63) is 65.7 Å². The van der Waals surface area contributed by atoms with Crippen LogP contribution >= 0.6 is 0 Å². The average molecular weight is 322 g/mol. The van der Waals surface area contributed by atoms with Crippen LogP contribution in [0.2, 0.25) is 0 Å². The van der Waals surface area contributed by atoms with Crippen LogP contribution < -0.4 is 0 Å². The van der Waals surface area contributed by atoms with Crippen LogP contribution in [0.1, 0.15) is 45.7 Å². The summed E-state index contributed by atoms with van der Waals surface area (Å²) in [7, 11) is 0. The predicted octanol–water partition coefficient (Wildman–Crippen LogP) is 5.62. The molecule has 0 saturated carbocycles. The molecule has 0 heterocycles. The highest BCUT2D eigenvalue weighted by Crippen LogP contribution is 2.27. The Hall–Kier alpha value is -2.35. The molecule has 0 aromatic heterocycles. The van der Waals surface area contributed by atoms with Gasteiger partial charge >= 0.3 is 5.97 Å². The van der Waals surface area contributed by atoms with Gasteiger partial charge in [0.25, 0.3) is 0 Å². The first-order valence-electron chi connectivity index (χ1n) is 8.37. The molecule has 0 spiro atoms. The van der Waals surface area contributed by atoms with E-state index < -0.39 is 0 Å². The van der Waals surface area contributed by atoms with Gasteiger partial charge < -0.3 is 4.74 Å². The second-order valence-corrected chi connectivity index (χ2v) is 6.98. The molecule has 0 N–H and O–H groups in total. The zero-order valence-electron chi connectivity index (χ0n) is 15.2. The molecule has 0 fully saturated rings. The molecule has 0 amide bonds. The fourth-order valence-corrected chi connectivity index (χ4v) is 2.53. The molecule has 0 aliphatic heterocycles. The minimum absolute atomic E-state index is 0.164. The molecule has 0 aliphatic rings. The summed E-state index contributed by atoms with van der Waals surface area (Å²) < 4.78 is 4.95. The van der Waals surface area contributed by atoms with Gasteiger partial charge in [0.05, 0.1) is 6.61 Å². The predicted molar refractivity (Wildman–Crippen MR) is 101 cm³/mol. The summed E-state index contributed by atoms with van der Waals surface area (Å²) in [6.45, 7) is 10.8. The summed E-state index contributed by atoms with van der Waals surface area (Å²) >= 11 is 0. The molecular weight excluding hydrogens is 296 g/mol. The van der Waals surface area contributed by atoms with Crippen molar-refractivity contribution in [1.82, 2.24) is 0 Å². The lowest BCUT2D eigenvalue weighted by molar-refractivity contribution is -0.137. The Balaban J connectivity index is 2.19. The number of carbonyl (C=O) groups excluding carboxylic acids is 1. The highest BCUT2D eigenvalue weighted by Gasteiger charge is 2.13. The molecule has 0 saturated heterocycles. The van der Waals surface area contributed by atoms with E-state index in [9.17, 15) is 4.79 Å². The van der Waals surface area contributed by atoms with Gasteiger partial charge in [-0.2, -0.15) is 0 Å². The topological polar surface area (TPSA) is 26.3 Å². The van der Waals surface area contributed by atoms with E-state index in [-0.39, 0.29) is 11.4 Å². The van der Waals surface area contributed by atoms with Gasteiger partial charge in [-0.15, -0.1) is 0 Å². The largest absolute Gasteiger partial charge is 0.463 e. The highest BCUT2D eigenvalue weighted by atomic mass is 16.5. The maximum atomic E-state index is 11.5. The zero-order chi connectivity index (χ0) is 17.7. The molecule has 126 valence electrons. The van der Waals surface area contributed by atoms with Gasteiger partial charge in [0.2, 0.25) is 0 Å². The molecule has 0 aliphatic carbocycles. The van der Waals surface area contributed by atoms with Crippen LogP contribution in [0.15, 0.2) is 54.6 Å². The Morgan fingerprint density at radius 1 is 0.958 bits per heavy atom. The van der Waals surface area contributed by atoms with E-state index in [1.807, 2.05) is 19.1 Å². The molecule has 2 nitrogen and oxygen atoms in total. The molecule has 2 rings (SSSR count). The minimum Gasteiger partial charge on any atom is -0.463 e. The summed E-state index contributed by atoms with van der Waals surface area (Å²) in [6, 6.07) is 17.0. The summed E-state index contributed by atoms with van der Waals surface area (Å²) in [6.07, 6.45) is 1.54. The third kappa shape index (κ3) is 4.58. The quantitative estimate of drug-likeness (QED) is 0.539. The van der Waals surface area contributed by atoms with Gasteiger partial charge in [0.15, 0.2) is 0 Å². The summed E-state index contributed by atoms with van der Waals surface area (Å²) in [5.74, 6) is -0.295. The number of benzene rings is 2. The Kier molecular flexibility index (Phi) is 5.61. The lowest BCUT2D eigenvalue weighted by Gasteiger charge is -2.19. The molecular formula is C22H26O2. The van der Waals surface area contributed by atoms with Crippen LogP contribution in [-0.2, 0) is 14.9 Å². The fourth-order valence-electron chi connectivity index (χ4n) is 2.53. The summed E-state index contributed by atoms with van der Waals surface area (Å²) in [4.78, 5) is 11.5. The molecule has 0 atom stereocenters. The standard InChI is InChI=1S/C22H26O2/c1-6-24-21(23)15-16(2)17-7-9-18(10-8-17)19-11-13-20(14-12-19)22(3,4)5/h7-15H,6H2,1-5H3. The maximum absolute atomic E-state index is 11.5. The van der Waals surface area contributed by atoms with Crippen molar-refractivity contribution in [3.8, 4) is 11.1 Å². The molecule has 2 heteroatoms. The van der Waals surface area contributed by atoms with E-state index in [4.69, 9.17) is 4.74 Å². The number of carbonyl (C=O) groups is 1. The first-order valence-corrected chi connectivity index (χ1v) is 8.37. The van der Waals surface area contributed by atoms with E-state index in [2.05, 4.69) is 57.2 Å². The monoisotopic (exact) mass is 322 g/mol. The molecule has 24 heavy (non-hydrogen) atoms. The van der Waals surface area contributed by atoms with E-state index in [0.717, 1.165) is 11.1 Å². The summed E-state index contributed by atoms with van der Waals surface area (Å²) in [5.41, 5.74) is 5.79. The lowest BCUT2D eigenvalue weighted by atomic mass is 9.86. The van der Waals surface area contributed by atoms with Crippen molar-refractivity contribution in [1.29, 1.82) is 0 Å². The molecule has 2 aromatic rings.